The molecule has 1 saturated heterocycles. The SMILES string of the molecule is O=C(NCC1CCCO1)c1ccccc1NS(=O)(=O)c1cccc2nsnc12. The lowest BCUT2D eigenvalue weighted by Crippen LogP contribution is -2.32. The fourth-order valence-electron chi connectivity index (χ4n) is 3.08. The van der Waals surface area contributed by atoms with Crippen molar-refractivity contribution in [3.8, 4) is 0 Å². The van der Waals surface area contributed by atoms with Gasteiger partial charge < -0.3 is 10.1 Å². The second kappa shape index (κ2) is 7.82. The highest BCUT2D eigenvalue weighted by Crippen LogP contribution is 2.25. The van der Waals surface area contributed by atoms with Crippen molar-refractivity contribution in [2.75, 3.05) is 17.9 Å². The van der Waals surface area contributed by atoms with Gasteiger partial charge in [-0.1, -0.05) is 18.2 Å². The van der Waals surface area contributed by atoms with Crippen molar-refractivity contribution < 1.29 is 17.9 Å². The molecule has 0 saturated carbocycles. The maximum Gasteiger partial charge on any atom is 0.264 e. The fraction of sp³-hybridized carbons (Fsp3) is 0.278. The molecule has 1 aliphatic rings. The van der Waals surface area contributed by atoms with Gasteiger partial charge in [0.25, 0.3) is 15.9 Å². The molecule has 146 valence electrons. The third-order valence-electron chi connectivity index (χ3n) is 4.47. The summed E-state index contributed by atoms with van der Waals surface area (Å²) in [7, 11) is -3.95. The lowest BCUT2D eigenvalue weighted by molar-refractivity contribution is 0.0858. The monoisotopic (exact) mass is 418 g/mol. The van der Waals surface area contributed by atoms with Crippen LogP contribution in [0.25, 0.3) is 11.0 Å². The number of hydrogen-bond donors (Lipinski definition) is 2. The summed E-state index contributed by atoms with van der Waals surface area (Å²) < 4.78 is 42.0. The van der Waals surface area contributed by atoms with E-state index < -0.39 is 10.0 Å². The van der Waals surface area contributed by atoms with Crippen molar-refractivity contribution in [1.82, 2.24) is 14.1 Å². The number of nitrogens with one attached hydrogen (secondary N) is 2. The van der Waals surface area contributed by atoms with E-state index in [1.165, 1.54) is 6.07 Å². The maximum atomic E-state index is 12.9. The van der Waals surface area contributed by atoms with Crippen LogP contribution in [0.4, 0.5) is 5.69 Å². The number of nitrogens with zero attached hydrogens (tertiary/aromatic N) is 2. The first-order valence-corrected chi connectivity index (χ1v) is 11.0. The van der Waals surface area contributed by atoms with Gasteiger partial charge in [0.2, 0.25) is 0 Å². The van der Waals surface area contributed by atoms with Crippen LogP contribution in [-0.2, 0) is 14.8 Å². The molecule has 4 rings (SSSR count). The number of fused-ring (bicyclic) bond motifs is 1. The zero-order valence-corrected chi connectivity index (χ0v) is 16.4. The van der Waals surface area contributed by atoms with Crippen LogP contribution < -0.4 is 10.0 Å². The molecule has 1 amide bonds. The summed E-state index contributed by atoms with van der Waals surface area (Å²) in [6.07, 6.45) is 1.89. The topological polar surface area (TPSA) is 110 Å². The van der Waals surface area contributed by atoms with Crippen LogP contribution in [-0.4, -0.2) is 42.3 Å². The average molecular weight is 419 g/mol. The number of hydrogen-bond acceptors (Lipinski definition) is 7. The Morgan fingerprint density at radius 3 is 2.86 bits per heavy atom. The number of carbonyl (C=O) groups is 1. The summed E-state index contributed by atoms with van der Waals surface area (Å²) >= 11 is 0.948. The normalized spacial score (nSPS) is 16.9. The highest BCUT2D eigenvalue weighted by molar-refractivity contribution is 7.93. The number of ether oxygens (including phenoxy) is 1. The van der Waals surface area contributed by atoms with E-state index in [0.29, 0.717) is 24.2 Å². The highest BCUT2D eigenvalue weighted by Gasteiger charge is 2.23. The Balaban J connectivity index is 1.58. The van der Waals surface area contributed by atoms with Crippen LogP contribution in [0.1, 0.15) is 23.2 Å². The van der Waals surface area contributed by atoms with Gasteiger partial charge in [-0.15, -0.1) is 0 Å². The molecule has 2 heterocycles. The van der Waals surface area contributed by atoms with Crippen LogP contribution in [0.2, 0.25) is 0 Å². The molecule has 1 unspecified atom stereocenters. The average Bonchev–Trinajstić information content (AvgIpc) is 3.37. The van der Waals surface area contributed by atoms with Crippen LogP contribution in [0.5, 0.6) is 0 Å². The van der Waals surface area contributed by atoms with E-state index in [-0.39, 0.29) is 28.2 Å². The van der Waals surface area contributed by atoms with Crippen molar-refractivity contribution in [2.45, 2.75) is 23.8 Å². The summed E-state index contributed by atoms with van der Waals surface area (Å²) in [5.41, 5.74) is 1.26. The highest BCUT2D eigenvalue weighted by atomic mass is 32.2. The molecule has 8 nitrogen and oxygen atoms in total. The number of amides is 1. The molecule has 2 N–H and O–H groups in total. The van der Waals surface area contributed by atoms with E-state index in [2.05, 4.69) is 18.8 Å². The van der Waals surface area contributed by atoms with Gasteiger partial charge in [-0.05, 0) is 37.1 Å². The molecule has 1 fully saturated rings. The van der Waals surface area contributed by atoms with Crippen LogP contribution in [0.15, 0.2) is 47.4 Å². The summed E-state index contributed by atoms with van der Waals surface area (Å²) in [6, 6.07) is 11.3. The Hall–Kier alpha value is -2.56. The first-order valence-electron chi connectivity index (χ1n) is 8.77. The Morgan fingerprint density at radius 1 is 1.18 bits per heavy atom. The summed E-state index contributed by atoms with van der Waals surface area (Å²) in [4.78, 5) is 12.6. The molecular formula is C18H18N4O4S2. The van der Waals surface area contributed by atoms with E-state index in [4.69, 9.17) is 4.74 Å². The Labute approximate surface area is 166 Å². The Morgan fingerprint density at radius 2 is 2.04 bits per heavy atom. The van der Waals surface area contributed by atoms with Crippen LogP contribution in [0, 0.1) is 0 Å². The third-order valence-corrected chi connectivity index (χ3v) is 6.41. The molecule has 1 atom stereocenters. The fourth-order valence-corrected chi connectivity index (χ4v) is 4.92. The number of carbonyl (C=O) groups excluding carboxylic acids is 1. The van der Waals surface area contributed by atoms with Gasteiger partial charge in [0.1, 0.15) is 15.9 Å². The minimum atomic E-state index is -3.95. The van der Waals surface area contributed by atoms with Crippen molar-refractivity contribution in [3.63, 3.8) is 0 Å². The van der Waals surface area contributed by atoms with E-state index in [1.54, 1.807) is 36.4 Å². The van der Waals surface area contributed by atoms with E-state index in [1.807, 2.05) is 0 Å². The molecule has 0 bridgehead atoms. The minimum absolute atomic E-state index is 0.00238. The van der Waals surface area contributed by atoms with Gasteiger partial charge in [0.05, 0.1) is 29.1 Å². The molecule has 3 aromatic rings. The largest absolute Gasteiger partial charge is 0.376 e. The van der Waals surface area contributed by atoms with Crippen molar-refractivity contribution in [2.24, 2.45) is 0 Å². The summed E-state index contributed by atoms with van der Waals surface area (Å²) in [6.45, 7) is 1.09. The zero-order chi connectivity index (χ0) is 19.6. The minimum Gasteiger partial charge on any atom is -0.376 e. The molecule has 1 aliphatic heterocycles. The number of aromatic nitrogens is 2. The van der Waals surface area contributed by atoms with Crippen molar-refractivity contribution in [1.29, 1.82) is 0 Å². The van der Waals surface area contributed by atoms with Gasteiger partial charge in [0, 0.05) is 13.2 Å². The van der Waals surface area contributed by atoms with Gasteiger partial charge in [-0.3, -0.25) is 9.52 Å². The molecule has 1 aromatic heterocycles. The lowest BCUT2D eigenvalue weighted by atomic mass is 10.1. The second-order valence-corrected chi connectivity index (χ2v) is 8.56. The molecule has 0 radical (unpaired) electrons. The molecule has 0 spiro atoms. The predicted octanol–water partition coefficient (Wildman–Crippen LogP) is 2.40. The number of para-hydroxylation sites is 1. The van der Waals surface area contributed by atoms with Crippen molar-refractivity contribution >= 4 is 44.4 Å². The molecule has 28 heavy (non-hydrogen) atoms. The standard InChI is InChI=1S/C18H18N4O4S2/c23-18(19-11-12-5-4-10-26-12)13-6-1-2-7-14(13)22-28(24,25)16-9-3-8-15-17(16)21-27-20-15/h1-3,6-9,12,22H,4-5,10-11H2,(H,19,23). The van der Waals surface area contributed by atoms with E-state index in [9.17, 15) is 13.2 Å². The first-order chi connectivity index (χ1) is 13.5. The molecular weight excluding hydrogens is 400 g/mol. The van der Waals surface area contributed by atoms with E-state index >= 15 is 0 Å². The van der Waals surface area contributed by atoms with Gasteiger partial charge in [-0.2, -0.15) is 8.75 Å². The third kappa shape index (κ3) is 3.84. The quantitative estimate of drug-likeness (QED) is 0.636. The zero-order valence-electron chi connectivity index (χ0n) is 14.8. The second-order valence-electron chi connectivity index (χ2n) is 6.38. The Bertz CT molecular complexity index is 1110. The number of rotatable bonds is 6. The number of sulfonamides is 1. The molecule has 2 aromatic carbocycles. The first kappa shape index (κ1) is 18.8. The number of benzene rings is 2. The summed E-state index contributed by atoms with van der Waals surface area (Å²) in [5, 5.41) is 2.81. The van der Waals surface area contributed by atoms with Crippen LogP contribution in [0.3, 0.4) is 0 Å². The predicted molar refractivity (Wildman–Crippen MR) is 106 cm³/mol. The molecule has 10 heteroatoms. The molecule has 0 aliphatic carbocycles. The van der Waals surface area contributed by atoms with Crippen molar-refractivity contribution in [3.05, 3.63) is 48.0 Å². The lowest BCUT2D eigenvalue weighted by Gasteiger charge is -2.14. The van der Waals surface area contributed by atoms with E-state index in [0.717, 1.165) is 24.6 Å². The maximum absolute atomic E-state index is 12.9. The smallest absolute Gasteiger partial charge is 0.264 e. The van der Waals surface area contributed by atoms with Gasteiger partial charge in [-0.25, -0.2) is 8.42 Å². The summed E-state index contributed by atoms with van der Waals surface area (Å²) in [5.74, 6) is -0.359. The Kier molecular flexibility index (Phi) is 5.25. The number of anilines is 1. The van der Waals surface area contributed by atoms with Gasteiger partial charge >= 0.3 is 0 Å². The van der Waals surface area contributed by atoms with Crippen LogP contribution >= 0.6 is 11.7 Å². The van der Waals surface area contributed by atoms with Gasteiger partial charge in [0.15, 0.2) is 0 Å².